The Morgan fingerprint density at radius 2 is 2.32 bits per heavy atom. The number of phenolic OH excluding ortho intramolecular Hbond substituents is 1. The quantitative estimate of drug-likeness (QED) is 0.827. The second kappa shape index (κ2) is 6.54. The number of amides is 1. The predicted octanol–water partition coefficient (Wildman–Crippen LogP) is 0.843. The van der Waals surface area contributed by atoms with Gasteiger partial charge in [-0.2, -0.15) is 0 Å². The van der Waals surface area contributed by atoms with Gasteiger partial charge in [0.15, 0.2) is 0 Å². The Bertz CT molecular complexity index is 436. The number of carbonyl (C=O) groups is 1. The first-order chi connectivity index (χ1) is 9.20. The summed E-state index contributed by atoms with van der Waals surface area (Å²) in [4.78, 5) is 14.3. The molecule has 0 saturated carbocycles. The lowest BCUT2D eigenvalue weighted by atomic mass is 10.1. The van der Waals surface area contributed by atoms with Crippen molar-refractivity contribution in [1.29, 1.82) is 0 Å². The molecule has 0 aliphatic carbocycles. The van der Waals surface area contributed by atoms with Crippen LogP contribution >= 0.6 is 0 Å². The van der Waals surface area contributed by atoms with Gasteiger partial charge in [-0.05, 0) is 18.6 Å². The number of phenols is 1. The average molecular weight is 264 g/mol. The Kier molecular flexibility index (Phi) is 4.76. The molecule has 0 spiro atoms. The molecule has 1 amide bonds. The number of methoxy groups -OCH3 is 1. The van der Waals surface area contributed by atoms with E-state index in [1.165, 1.54) is 6.07 Å². The van der Waals surface area contributed by atoms with Gasteiger partial charge in [-0.25, -0.2) is 0 Å². The Morgan fingerprint density at radius 1 is 1.53 bits per heavy atom. The second-order valence-corrected chi connectivity index (χ2v) is 4.77. The van der Waals surface area contributed by atoms with Crippen molar-refractivity contribution >= 4 is 5.91 Å². The van der Waals surface area contributed by atoms with E-state index in [4.69, 9.17) is 4.74 Å². The third-order valence-corrected chi connectivity index (χ3v) is 3.37. The van der Waals surface area contributed by atoms with Crippen LogP contribution in [0.2, 0.25) is 0 Å². The maximum absolute atomic E-state index is 12.0. The Labute approximate surface area is 113 Å². The summed E-state index contributed by atoms with van der Waals surface area (Å²) in [5.74, 6) is -0.189. The zero-order valence-electron chi connectivity index (χ0n) is 11.1. The van der Waals surface area contributed by atoms with Gasteiger partial charge < -0.3 is 15.2 Å². The van der Waals surface area contributed by atoms with Gasteiger partial charge in [-0.1, -0.05) is 12.1 Å². The van der Waals surface area contributed by atoms with Gasteiger partial charge in [0.05, 0.1) is 12.2 Å². The second-order valence-electron chi connectivity index (χ2n) is 4.77. The molecule has 2 rings (SSSR count). The van der Waals surface area contributed by atoms with Crippen LogP contribution in [0.15, 0.2) is 24.3 Å². The first kappa shape index (κ1) is 13.8. The Morgan fingerprint density at radius 3 is 3.05 bits per heavy atom. The lowest BCUT2D eigenvalue weighted by Crippen LogP contribution is -2.37. The minimum absolute atomic E-state index is 0.0224. The van der Waals surface area contributed by atoms with Gasteiger partial charge in [0, 0.05) is 32.8 Å². The van der Waals surface area contributed by atoms with Gasteiger partial charge in [-0.3, -0.25) is 9.69 Å². The lowest BCUT2D eigenvalue weighted by Gasteiger charge is -2.16. The molecule has 1 heterocycles. The van der Waals surface area contributed by atoms with Crippen molar-refractivity contribution in [3.63, 3.8) is 0 Å². The molecule has 1 atom stereocenters. The van der Waals surface area contributed by atoms with E-state index < -0.39 is 0 Å². The molecule has 0 bridgehead atoms. The largest absolute Gasteiger partial charge is 0.507 e. The number of likely N-dealkylation sites (tertiary alicyclic amines) is 1. The van der Waals surface area contributed by atoms with Crippen LogP contribution in [0.1, 0.15) is 16.8 Å². The molecule has 1 fully saturated rings. The molecule has 0 unspecified atom stereocenters. The molecule has 0 aromatic heterocycles. The highest BCUT2D eigenvalue weighted by atomic mass is 16.5. The maximum Gasteiger partial charge on any atom is 0.255 e. The van der Waals surface area contributed by atoms with E-state index in [1.807, 2.05) is 0 Å². The van der Waals surface area contributed by atoms with Crippen molar-refractivity contribution in [2.24, 2.45) is 0 Å². The average Bonchev–Trinajstić information content (AvgIpc) is 2.84. The number of hydrogen-bond donors (Lipinski definition) is 2. The summed E-state index contributed by atoms with van der Waals surface area (Å²) in [5.41, 5.74) is 0.331. The fraction of sp³-hybridized carbons (Fsp3) is 0.500. The summed E-state index contributed by atoms with van der Waals surface area (Å²) in [6, 6.07) is 6.74. The lowest BCUT2D eigenvalue weighted by molar-refractivity contribution is 0.0934. The summed E-state index contributed by atoms with van der Waals surface area (Å²) < 4.78 is 5.04. The molecule has 1 saturated heterocycles. The molecule has 5 nitrogen and oxygen atoms in total. The maximum atomic E-state index is 12.0. The molecular formula is C14H20N2O3. The van der Waals surface area contributed by atoms with E-state index in [2.05, 4.69) is 10.2 Å². The standard InChI is InChI=1S/C14H20N2O3/c1-19-9-8-16-7-6-11(10-16)15-14(18)12-4-2-3-5-13(12)17/h2-5,11,17H,6-10H2,1H3,(H,15,18)/t11-/m0/s1. The van der Waals surface area contributed by atoms with Crippen LogP contribution < -0.4 is 5.32 Å². The summed E-state index contributed by atoms with van der Waals surface area (Å²) in [6.07, 6.45) is 0.934. The van der Waals surface area contributed by atoms with E-state index in [0.29, 0.717) is 12.2 Å². The van der Waals surface area contributed by atoms with Gasteiger partial charge >= 0.3 is 0 Å². The smallest absolute Gasteiger partial charge is 0.255 e. The first-order valence-electron chi connectivity index (χ1n) is 6.51. The summed E-state index contributed by atoms with van der Waals surface area (Å²) in [7, 11) is 1.69. The van der Waals surface area contributed by atoms with Crippen LogP contribution in [0.5, 0.6) is 5.75 Å². The fourth-order valence-electron chi connectivity index (χ4n) is 2.30. The number of carbonyl (C=O) groups excluding carboxylic acids is 1. The summed E-state index contributed by atoms with van der Waals surface area (Å²) in [6.45, 7) is 3.40. The fourth-order valence-corrected chi connectivity index (χ4v) is 2.30. The van der Waals surface area contributed by atoms with Gasteiger partial charge in [0.2, 0.25) is 0 Å². The Balaban J connectivity index is 1.86. The topological polar surface area (TPSA) is 61.8 Å². The minimum atomic E-state index is -0.211. The summed E-state index contributed by atoms with van der Waals surface area (Å²) >= 11 is 0. The van der Waals surface area contributed by atoms with Crippen molar-refractivity contribution in [2.45, 2.75) is 12.5 Å². The van der Waals surface area contributed by atoms with E-state index in [0.717, 1.165) is 26.1 Å². The van der Waals surface area contributed by atoms with Crippen LogP contribution in [0.25, 0.3) is 0 Å². The first-order valence-corrected chi connectivity index (χ1v) is 6.51. The number of nitrogens with one attached hydrogen (secondary N) is 1. The number of ether oxygens (including phenoxy) is 1. The number of aromatic hydroxyl groups is 1. The van der Waals surface area contributed by atoms with E-state index in [1.54, 1.807) is 25.3 Å². The number of para-hydroxylation sites is 1. The SMILES string of the molecule is COCCN1CC[C@H](NC(=O)c2ccccc2O)C1. The van der Waals surface area contributed by atoms with E-state index in [9.17, 15) is 9.90 Å². The molecule has 19 heavy (non-hydrogen) atoms. The van der Waals surface area contributed by atoms with Crippen LogP contribution in [0.3, 0.4) is 0 Å². The predicted molar refractivity (Wildman–Crippen MR) is 72.3 cm³/mol. The highest BCUT2D eigenvalue weighted by molar-refractivity contribution is 5.96. The molecule has 1 aromatic carbocycles. The molecule has 0 radical (unpaired) electrons. The molecule has 1 aliphatic rings. The molecular weight excluding hydrogens is 244 g/mol. The van der Waals surface area contributed by atoms with E-state index in [-0.39, 0.29) is 17.7 Å². The van der Waals surface area contributed by atoms with E-state index >= 15 is 0 Å². The minimum Gasteiger partial charge on any atom is -0.507 e. The van der Waals surface area contributed by atoms with Gasteiger partial charge in [-0.15, -0.1) is 0 Å². The van der Waals surface area contributed by atoms with Crippen LogP contribution in [0.4, 0.5) is 0 Å². The molecule has 2 N–H and O–H groups in total. The normalized spacial score (nSPS) is 19.5. The van der Waals surface area contributed by atoms with Crippen LogP contribution in [-0.2, 0) is 4.74 Å². The van der Waals surface area contributed by atoms with Crippen molar-refractivity contribution in [2.75, 3.05) is 33.4 Å². The zero-order chi connectivity index (χ0) is 13.7. The monoisotopic (exact) mass is 264 g/mol. The summed E-state index contributed by atoms with van der Waals surface area (Å²) in [5, 5.41) is 12.6. The van der Waals surface area contributed by atoms with Gasteiger partial charge in [0.25, 0.3) is 5.91 Å². The highest BCUT2D eigenvalue weighted by Crippen LogP contribution is 2.16. The number of benzene rings is 1. The van der Waals surface area contributed by atoms with Crippen molar-refractivity contribution in [3.8, 4) is 5.75 Å². The number of rotatable bonds is 5. The van der Waals surface area contributed by atoms with Crippen molar-refractivity contribution < 1.29 is 14.6 Å². The van der Waals surface area contributed by atoms with Gasteiger partial charge in [0.1, 0.15) is 5.75 Å². The molecule has 1 aromatic rings. The Hall–Kier alpha value is -1.59. The third kappa shape index (κ3) is 3.68. The van der Waals surface area contributed by atoms with Crippen molar-refractivity contribution in [1.82, 2.24) is 10.2 Å². The zero-order valence-corrected chi connectivity index (χ0v) is 11.1. The highest BCUT2D eigenvalue weighted by Gasteiger charge is 2.24. The molecule has 1 aliphatic heterocycles. The molecule has 104 valence electrons. The van der Waals surface area contributed by atoms with Crippen molar-refractivity contribution in [3.05, 3.63) is 29.8 Å². The third-order valence-electron chi connectivity index (χ3n) is 3.37. The van der Waals surface area contributed by atoms with Crippen LogP contribution in [0, 0.1) is 0 Å². The van der Waals surface area contributed by atoms with Crippen LogP contribution in [-0.4, -0.2) is 55.3 Å². The number of hydrogen-bond acceptors (Lipinski definition) is 4. The molecule has 5 heteroatoms. The number of nitrogens with zero attached hydrogens (tertiary/aromatic N) is 1.